The van der Waals surface area contributed by atoms with Gasteiger partial charge in [-0.15, -0.1) is 6.58 Å². The van der Waals surface area contributed by atoms with Gasteiger partial charge in [0.1, 0.15) is 18.8 Å². The normalized spacial score (nSPS) is 26.6. The third-order valence-corrected chi connectivity index (χ3v) is 3.62. The minimum Gasteiger partial charge on any atom is -0.460 e. The Morgan fingerprint density at radius 3 is 2.25 bits per heavy atom. The summed E-state index contributed by atoms with van der Waals surface area (Å²) in [6.07, 6.45) is -0.311. The lowest BCUT2D eigenvalue weighted by molar-refractivity contribution is -0.343. The van der Waals surface area contributed by atoms with Gasteiger partial charge in [0.15, 0.2) is 0 Å². The first kappa shape index (κ1) is 23.6. The number of hydrogen-bond donors (Lipinski definition) is 1. The Hall–Kier alpha value is -2.46. The Labute approximate surface area is 163 Å². The van der Waals surface area contributed by atoms with Gasteiger partial charge in [-0.2, -0.15) is 0 Å². The number of rotatable bonds is 9. The van der Waals surface area contributed by atoms with E-state index in [0.29, 0.717) is 6.42 Å². The van der Waals surface area contributed by atoms with Gasteiger partial charge in [0, 0.05) is 27.7 Å². The molecule has 10 nitrogen and oxygen atoms in total. The number of ether oxygens (including phenoxy) is 5. The third-order valence-electron chi connectivity index (χ3n) is 3.62. The SMILES string of the molecule is C=CCCOCC1(OC(C)=O)CC(OC(C)=O)C(NC(C)=O)[C@@H](OC(C)=O)O1. The van der Waals surface area contributed by atoms with Crippen molar-refractivity contribution >= 4 is 23.8 Å². The number of nitrogens with one attached hydrogen (secondary N) is 1. The van der Waals surface area contributed by atoms with Crippen LogP contribution in [-0.4, -0.2) is 61.3 Å². The van der Waals surface area contributed by atoms with Crippen LogP contribution in [0, 0.1) is 0 Å². The summed E-state index contributed by atoms with van der Waals surface area (Å²) in [5.74, 6) is -4.14. The highest BCUT2D eigenvalue weighted by atomic mass is 16.8. The Bertz CT molecular complexity index is 578. The standard InChI is InChI=1S/C18H27NO9/c1-6-7-8-24-10-18(27-14(5)23)9-15(25-12(3)21)16(19-11(2)20)17(28-18)26-13(4)22/h6,15-17H,1,7-10H2,2-5H3,(H,19,20)/t15?,16?,17-,18?/m0/s1. The smallest absolute Gasteiger partial charge is 0.305 e. The van der Waals surface area contributed by atoms with E-state index in [-0.39, 0.29) is 19.6 Å². The maximum Gasteiger partial charge on any atom is 0.305 e. The number of carbonyl (C=O) groups excluding carboxylic acids is 4. The molecular formula is C18H27NO9. The Balaban J connectivity index is 3.21. The molecule has 1 fully saturated rings. The van der Waals surface area contributed by atoms with Crippen LogP contribution in [-0.2, 0) is 42.9 Å². The fraction of sp³-hybridized carbons (Fsp3) is 0.667. The molecule has 3 unspecified atom stereocenters. The summed E-state index contributed by atoms with van der Waals surface area (Å²) < 4.78 is 27.0. The van der Waals surface area contributed by atoms with E-state index < -0.39 is 48.0 Å². The van der Waals surface area contributed by atoms with Gasteiger partial charge in [0.05, 0.1) is 13.0 Å². The second-order valence-corrected chi connectivity index (χ2v) is 6.31. The Morgan fingerprint density at radius 2 is 1.75 bits per heavy atom. The van der Waals surface area contributed by atoms with Gasteiger partial charge < -0.3 is 24.3 Å². The molecule has 0 aliphatic carbocycles. The van der Waals surface area contributed by atoms with Crippen molar-refractivity contribution in [2.45, 2.75) is 64.8 Å². The average Bonchev–Trinajstić information content (AvgIpc) is 2.53. The molecule has 0 aromatic carbocycles. The summed E-state index contributed by atoms with van der Waals surface area (Å²) in [5.41, 5.74) is 0. The zero-order chi connectivity index (χ0) is 21.3. The first-order valence-electron chi connectivity index (χ1n) is 8.76. The zero-order valence-corrected chi connectivity index (χ0v) is 16.5. The first-order valence-corrected chi connectivity index (χ1v) is 8.76. The van der Waals surface area contributed by atoms with Crippen LogP contribution >= 0.6 is 0 Å². The second-order valence-electron chi connectivity index (χ2n) is 6.31. The molecule has 28 heavy (non-hydrogen) atoms. The fourth-order valence-corrected chi connectivity index (χ4v) is 2.77. The van der Waals surface area contributed by atoms with E-state index in [1.807, 2.05) is 0 Å². The molecule has 4 atom stereocenters. The summed E-state index contributed by atoms with van der Waals surface area (Å²) in [7, 11) is 0. The van der Waals surface area contributed by atoms with E-state index in [1.165, 1.54) is 20.8 Å². The maximum absolute atomic E-state index is 11.7. The predicted molar refractivity (Wildman–Crippen MR) is 94.5 cm³/mol. The molecule has 158 valence electrons. The summed E-state index contributed by atoms with van der Waals surface area (Å²) >= 11 is 0. The lowest BCUT2D eigenvalue weighted by atomic mass is 9.97. The van der Waals surface area contributed by atoms with Gasteiger partial charge in [-0.1, -0.05) is 6.08 Å². The largest absolute Gasteiger partial charge is 0.460 e. The molecule has 0 spiro atoms. The van der Waals surface area contributed by atoms with E-state index in [0.717, 1.165) is 6.92 Å². The van der Waals surface area contributed by atoms with Crippen LogP contribution < -0.4 is 5.32 Å². The predicted octanol–water partition coefficient (Wildman–Crippen LogP) is 0.584. The van der Waals surface area contributed by atoms with Gasteiger partial charge in [0.2, 0.25) is 18.0 Å². The number of carbonyl (C=O) groups is 4. The van der Waals surface area contributed by atoms with Crippen LogP contribution in [0.3, 0.4) is 0 Å². The van der Waals surface area contributed by atoms with Gasteiger partial charge in [-0.3, -0.25) is 23.9 Å². The van der Waals surface area contributed by atoms with E-state index in [2.05, 4.69) is 11.9 Å². The van der Waals surface area contributed by atoms with Crippen molar-refractivity contribution in [1.29, 1.82) is 0 Å². The van der Waals surface area contributed by atoms with E-state index in [4.69, 9.17) is 23.7 Å². The number of hydrogen-bond acceptors (Lipinski definition) is 9. The molecule has 0 bridgehead atoms. The van der Waals surface area contributed by atoms with Gasteiger partial charge >= 0.3 is 17.9 Å². The Kier molecular flexibility index (Phi) is 9.07. The van der Waals surface area contributed by atoms with Crippen LogP contribution in [0.25, 0.3) is 0 Å². The van der Waals surface area contributed by atoms with Gasteiger partial charge in [-0.25, -0.2) is 0 Å². The van der Waals surface area contributed by atoms with Crippen molar-refractivity contribution < 1.29 is 42.9 Å². The zero-order valence-electron chi connectivity index (χ0n) is 16.5. The molecule has 1 N–H and O–H groups in total. The summed E-state index contributed by atoms with van der Waals surface area (Å²) in [5, 5.41) is 2.55. The molecule has 0 radical (unpaired) electrons. The van der Waals surface area contributed by atoms with Crippen LogP contribution in [0.5, 0.6) is 0 Å². The lowest BCUT2D eigenvalue weighted by Crippen LogP contribution is -2.64. The van der Waals surface area contributed by atoms with Crippen molar-refractivity contribution in [3.63, 3.8) is 0 Å². The highest BCUT2D eigenvalue weighted by Gasteiger charge is 2.53. The Morgan fingerprint density at radius 1 is 1.11 bits per heavy atom. The lowest BCUT2D eigenvalue weighted by Gasteiger charge is -2.46. The quantitative estimate of drug-likeness (QED) is 0.255. The molecule has 1 aliphatic rings. The molecule has 0 saturated carbocycles. The molecule has 10 heteroatoms. The van der Waals surface area contributed by atoms with Crippen LogP contribution in [0.1, 0.15) is 40.5 Å². The second kappa shape index (κ2) is 10.8. The number of esters is 3. The minimum absolute atomic E-state index is 0.136. The van der Waals surface area contributed by atoms with Gasteiger partial charge in [-0.05, 0) is 6.42 Å². The molecule has 1 saturated heterocycles. The van der Waals surface area contributed by atoms with Crippen molar-refractivity contribution in [2.24, 2.45) is 0 Å². The van der Waals surface area contributed by atoms with Crippen molar-refractivity contribution in [2.75, 3.05) is 13.2 Å². The van der Waals surface area contributed by atoms with E-state index in [9.17, 15) is 19.2 Å². The molecule has 1 heterocycles. The molecular weight excluding hydrogens is 374 g/mol. The number of amides is 1. The first-order chi connectivity index (χ1) is 13.1. The minimum atomic E-state index is -1.68. The molecule has 1 aliphatic heterocycles. The third kappa shape index (κ3) is 7.65. The van der Waals surface area contributed by atoms with Crippen molar-refractivity contribution in [3.05, 3.63) is 12.7 Å². The molecule has 0 aromatic heterocycles. The summed E-state index contributed by atoms with van der Waals surface area (Å²) in [6, 6.07) is -0.998. The van der Waals surface area contributed by atoms with Crippen LogP contribution in [0.2, 0.25) is 0 Å². The molecule has 1 amide bonds. The fourth-order valence-electron chi connectivity index (χ4n) is 2.77. The van der Waals surface area contributed by atoms with Crippen molar-refractivity contribution in [3.8, 4) is 0 Å². The van der Waals surface area contributed by atoms with Crippen LogP contribution in [0.4, 0.5) is 0 Å². The molecule has 1 rings (SSSR count). The van der Waals surface area contributed by atoms with Crippen molar-refractivity contribution in [1.82, 2.24) is 5.32 Å². The van der Waals surface area contributed by atoms with Gasteiger partial charge in [0.25, 0.3) is 0 Å². The van der Waals surface area contributed by atoms with E-state index in [1.54, 1.807) is 6.08 Å². The topological polar surface area (TPSA) is 126 Å². The van der Waals surface area contributed by atoms with E-state index >= 15 is 0 Å². The molecule has 0 aromatic rings. The summed E-state index contributed by atoms with van der Waals surface area (Å²) in [6.45, 7) is 8.43. The maximum atomic E-state index is 11.7. The monoisotopic (exact) mass is 401 g/mol. The van der Waals surface area contributed by atoms with Crippen LogP contribution in [0.15, 0.2) is 12.7 Å². The summed E-state index contributed by atoms with van der Waals surface area (Å²) in [4.78, 5) is 46.4. The highest BCUT2D eigenvalue weighted by Crippen LogP contribution is 2.34. The highest BCUT2D eigenvalue weighted by molar-refractivity contribution is 5.74. The average molecular weight is 401 g/mol.